The fraction of sp³-hybridized carbons (Fsp3) is 0.312. The summed E-state index contributed by atoms with van der Waals surface area (Å²) < 4.78 is 7.05. The van der Waals surface area contributed by atoms with E-state index in [2.05, 4.69) is 4.98 Å². The van der Waals surface area contributed by atoms with Crippen molar-refractivity contribution in [2.45, 2.75) is 24.5 Å². The minimum atomic E-state index is -1.25. The summed E-state index contributed by atoms with van der Waals surface area (Å²) in [6.07, 6.45) is -4.35. The first kappa shape index (κ1) is 17.3. The Morgan fingerprint density at radius 2 is 1.64 bits per heavy atom. The van der Waals surface area contributed by atoms with Gasteiger partial charge in [0, 0.05) is 0 Å². The van der Waals surface area contributed by atoms with Crippen molar-refractivity contribution in [2.75, 3.05) is 6.61 Å². The molecule has 0 bridgehead atoms. The van der Waals surface area contributed by atoms with Crippen molar-refractivity contribution in [3.8, 4) is 0 Å². The summed E-state index contributed by atoms with van der Waals surface area (Å²) >= 11 is 18.4. The smallest absolute Gasteiger partial charge is 0.206 e. The van der Waals surface area contributed by atoms with E-state index in [-0.39, 0.29) is 5.28 Å². The van der Waals surface area contributed by atoms with Gasteiger partial charge in [0.1, 0.15) is 18.3 Å². The average molecular weight is 404 g/mol. The molecule has 132 valence electrons. The molecule has 4 unspecified atom stereocenters. The van der Waals surface area contributed by atoms with E-state index in [1.54, 1.807) is 24.3 Å². The second kappa shape index (κ2) is 6.25. The summed E-state index contributed by atoms with van der Waals surface area (Å²) in [6, 6.07) is 7.07. The van der Waals surface area contributed by atoms with Crippen LogP contribution >= 0.6 is 34.8 Å². The second-order valence-corrected chi connectivity index (χ2v) is 7.09. The lowest BCUT2D eigenvalue weighted by atomic mass is 10.1. The Bertz CT molecular complexity index is 977. The van der Waals surface area contributed by atoms with Crippen molar-refractivity contribution < 1.29 is 20.1 Å². The SMILES string of the molecule is OCC1OC(n2c(Cl)nc3cc4cc(Cl)c(Cl)cc4cc32)C(O)C1O. The minimum Gasteiger partial charge on any atom is -0.394 e. The standard InChI is InChI=1S/C16H13Cl3N2O4/c17-8-1-6-3-10-11(4-7(6)2-9(8)18)21(16(19)20-10)15-14(24)13(23)12(5-22)25-15/h1-4,12-15,22-24H,5H2. The Morgan fingerprint density at radius 3 is 2.24 bits per heavy atom. The average Bonchev–Trinajstić information content (AvgIpc) is 3.03. The number of benzene rings is 2. The molecule has 4 rings (SSSR count). The number of ether oxygens (including phenoxy) is 1. The van der Waals surface area contributed by atoms with Crippen LogP contribution in [0, 0.1) is 0 Å². The highest BCUT2D eigenvalue weighted by molar-refractivity contribution is 6.42. The van der Waals surface area contributed by atoms with Crippen molar-refractivity contribution in [2.24, 2.45) is 0 Å². The van der Waals surface area contributed by atoms with Gasteiger partial charge < -0.3 is 20.1 Å². The molecule has 1 aromatic heterocycles. The van der Waals surface area contributed by atoms with Crippen molar-refractivity contribution in [1.29, 1.82) is 0 Å². The van der Waals surface area contributed by atoms with Crippen LogP contribution in [-0.4, -0.2) is 49.8 Å². The van der Waals surface area contributed by atoms with Crippen LogP contribution in [0.4, 0.5) is 0 Å². The van der Waals surface area contributed by atoms with Gasteiger partial charge in [0.25, 0.3) is 0 Å². The summed E-state index contributed by atoms with van der Waals surface area (Å²) in [4.78, 5) is 4.29. The Kier molecular flexibility index (Phi) is 4.32. The maximum atomic E-state index is 10.3. The molecule has 1 aliphatic heterocycles. The third-order valence-electron chi connectivity index (χ3n) is 4.42. The maximum absolute atomic E-state index is 10.3. The van der Waals surface area contributed by atoms with Crippen molar-refractivity contribution in [3.05, 3.63) is 39.6 Å². The number of nitrogens with zero attached hydrogens (tertiary/aromatic N) is 2. The third-order valence-corrected chi connectivity index (χ3v) is 5.40. The van der Waals surface area contributed by atoms with E-state index in [4.69, 9.17) is 39.5 Å². The number of aromatic nitrogens is 2. The normalized spacial score (nSPS) is 26.8. The van der Waals surface area contributed by atoms with E-state index in [1.165, 1.54) is 4.57 Å². The highest BCUT2D eigenvalue weighted by Gasteiger charge is 2.44. The topological polar surface area (TPSA) is 87.7 Å². The maximum Gasteiger partial charge on any atom is 0.206 e. The predicted molar refractivity (Wildman–Crippen MR) is 95.3 cm³/mol. The monoisotopic (exact) mass is 402 g/mol. The van der Waals surface area contributed by atoms with Crippen LogP contribution < -0.4 is 0 Å². The molecule has 9 heteroatoms. The lowest BCUT2D eigenvalue weighted by Gasteiger charge is -2.18. The van der Waals surface area contributed by atoms with Crippen molar-refractivity contribution in [3.63, 3.8) is 0 Å². The number of rotatable bonds is 2. The minimum absolute atomic E-state index is 0.0948. The van der Waals surface area contributed by atoms with Gasteiger partial charge >= 0.3 is 0 Å². The zero-order chi connectivity index (χ0) is 17.9. The third kappa shape index (κ3) is 2.69. The molecule has 0 saturated carbocycles. The van der Waals surface area contributed by atoms with Gasteiger partial charge in [-0.05, 0) is 46.6 Å². The first-order chi connectivity index (χ1) is 11.9. The number of hydrogen-bond acceptors (Lipinski definition) is 5. The Balaban J connectivity index is 1.91. The van der Waals surface area contributed by atoms with Gasteiger partial charge in [0.2, 0.25) is 5.28 Å². The van der Waals surface area contributed by atoms with Crippen LogP contribution in [-0.2, 0) is 4.74 Å². The molecular weight excluding hydrogens is 391 g/mol. The summed E-state index contributed by atoms with van der Waals surface area (Å²) in [5.41, 5.74) is 1.18. The molecule has 25 heavy (non-hydrogen) atoms. The molecule has 1 saturated heterocycles. The molecule has 1 aliphatic rings. The van der Waals surface area contributed by atoms with Crippen molar-refractivity contribution in [1.82, 2.24) is 9.55 Å². The highest BCUT2D eigenvalue weighted by atomic mass is 35.5. The summed E-state index contributed by atoms with van der Waals surface area (Å²) in [6.45, 7) is -0.421. The number of aliphatic hydroxyl groups is 3. The van der Waals surface area contributed by atoms with Gasteiger partial charge in [-0.25, -0.2) is 4.98 Å². The number of fused-ring (bicyclic) bond motifs is 2. The molecule has 2 heterocycles. The number of aliphatic hydroxyl groups excluding tert-OH is 3. The van der Waals surface area contributed by atoms with Crippen molar-refractivity contribution >= 4 is 56.6 Å². The van der Waals surface area contributed by atoms with E-state index in [0.717, 1.165) is 10.8 Å². The highest BCUT2D eigenvalue weighted by Crippen LogP contribution is 2.37. The van der Waals surface area contributed by atoms with Crippen LogP contribution in [0.15, 0.2) is 24.3 Å². The molecule has 1 fully saturated rings. The van der Waals surface area contributed by atoms with E-state index < -0.39 is 31.1 Å². The largest absolute Gasteiger partial charge is 0.394 e. The Labute approximate surface area is 157 Å². The molecule has 0 spiro atoms. The molecule has 3 N–H and O–H groups in total. The molecule has 3 aromatic rings. The molecule has 0 radical (unpaired) electrons. The van der Waals surface area contributed by atoms with Gasteiger partial charge in [-0.3, -0.25) is 4.57 Å². The van der Waals surface area contributed by atoms with E-state index in [1.807, 2.05) is 0 Å². The van der Waals surface area contributed by atoms with Gasteiger partial charge in [-0.15, -0.1) is 0 Å². The van der Waals surface area contributed by atoms with Crippen LogP contribution in [0.5, 0.6) is 0 Å². The van der Waals surface area contributed by atoms with Crippen LogP contribution in [0.1, 0.15) is 6.23 Å². The molecule has 2 aromatic carbocycles. The van der Waals surface area contributed by atoms with Crippen LogP contribution in [0.2, 0.25) is 15.3 Å². The van der Waals surface area contributed by atoms with Gasteiger partial charge in [0.15, 0.2) is 6.23 Å². The van der Waals surface area contributed by atoms with Gasteiger partial charge in [-0.2, -0.15) is 0 Å². The Hall–Kier alpha value is -1.12. The molecule has 0 amide bonds. The predicted octanol–water partition coefficient (Wildman–Crippen LogP) is 2.76. The number of halogens is 3. The number of imidazole rings is 1. The zero-order valence-corrected chi connectivity index (χ0v) is 14.9. The van der Waals surface area contributed by atoms with E-state index >= 15 is 0 Å². The van der Waals surface area contributed by atoms with Crippen LogP contribution in [0.3, 0.4) is 0 Å². The fourth-order valence-corrected chi connectivity index (χ4v) is 3.76. The second-order valence-electron chi connectivity index (χ2n) is 5.93. The Morgan fingerprint density at radius 1 is 1.00 bits per heavy atom. The first-order valence-electron chi connectivity index (χ1n) is 7.49. The first-order valence-corrected chi connectivity index (χ1v) is 8.63. The lowest BCUT2D eigenvalue weighted by Crippen LogP contribution is -2.33. The van der Waals surface area contributed by atoms with Gasteiger partial charge in [0.05, 0.1) is 27.7 Å². The summed E-state index contributed by atoms with van der Waals surface area (Å²) in [5.74, 6) is 0. The fourth-order valence-electron chi connectivity index (χ4n) is 3.14. The quantitative estimate of drug-likeness (QED) is 0.612. The molecule has 6 nitrogen and oxygen atoms in total. The zero-order valence-electron chi connectivity index (χ0n) is 12.6. The van der Waals surface area contributed by atoms with Gasteiger partial charge in [-0.1, -0.05) is 23.2 Å². The summed E-state index contributed by atoms with van der Waals surface area (Å²) in [7, 11) is 0. The molecule has 4 atom stereocenters. The number of hydrogen-bond donors (Lipinski definition) is 3. The lowest BCUT2D eigenvalue weighted by molar-refractivity contribution is -0.0507. The van der Waals surface area contributed by atoms with E-state index in [9.17, 15) is 15.3 Å². The molecule has 0 aliphatic carbocycles. The summed E-state index contributed by atoms with van der Waals surface area (Å²) in [5, 5.41) is 32.1. The van der Waals surface area contributed by atoms with Crippen LogP contribution in [0.25, 0.3) is 21.8 Å². The van der Waals surface area contributed by atoms with E-state index in [0.29, 0.717) is 21.1 Å². The molecular formula is C16H13Cl3N2O4.